The third-order valence-corrected chi connectivity index (χ3v) is 6.63. The molecule has 0 bridgehead atoms. The lowest BCUT2D eigenvalue weighted by Crippen LogP contribution is -2.63. The summed E-state index contributed by atoms with van der Waals surface area (Å²) in [6, 6.07) is 4.56. The molecule has 5 rings (SSSR count). The number of aliphatic hydroxyl groups excluding tert-OH is 2. The third-order valence-electron chi connectivity index (χ3n) is 6.63. The first-order chi connectivity index (χ1) is 11.8. The van der Waals surface area contributed by atoms with E-state index in [9.17, 15) is 25.2 Å². The normalized spacial score (nSPS) is 47.1. The second-order valence-corrected chi connectivity index (χ2v) is 7.96. The fourth-order valence-corrected chi connectivity index (χ4v) is 5.72. The minimum atomic E-state index is -1.35. The molecule has 1 aliphatic heterocycles. The first kappa shape index (κ1) is 15.5. The van der Waals surface area contributed by atoms with Crippen molar-refractivity contribution >= 4 is 5.78 Å². The summed E-state index contributed by atoms with van der Waals surface area (Å²) in [4.78, 5) is 13.2. The molecule has 1 saturated carbocycles. The van der Waals surface area contributed by atoms with Crippen molar-refractivity contribution in [1.29, 1.82) is 0 Å². The van der Waals surface area contributed by atoms with Crippen LogP contribution < -0.4 is 0 Å². The van der Waals surface area contributed by atoms with Gasteiger partial charge in [0.25, 0.3) is 0 Å². The lowest BCUT2D eigenvalue weighted by atomic mass is 9.53. The predicted molar refractivity (Wildman–Crippen MR) is 86.0 cm³/mol. The van der Waals surface area contributed by atoms with Gasteiger partial charge in [-0.1, -0.05) is 23.8 Å². The van der Waals surface area contributed by atoms with E-state index in [0.717, 1.165) is 5.57 Å². The van der Waals surface area contributed by atoms with Crippen LogP contribution in [0.25, 0.3) is 0 Å². The molecule has 1 aromatic carbocycles. The molecule has 1 saturated heterocycles. The Balaban J connectivity index is 1.74. The van der Waals surface area contributed by atoms with E-state index in [0.29, 0.717) is 18.4 Å². The van der Waals surface area contributed by atoms with Crippen LogP contribution in [0.1, 0.15) is 48.2 Å². The van der Waals surface area contributed by atoms with Crippen molar-refractivity contribution in [2.75, 3.05) is 0 Å². The van der Waals surface area contributed by atoms with E-state index in [4.69, 9.17) is 4.74 Å². The summed E-state index contributed by atoms with van der Waals surface area (Å²) in [6.45, 7) is 1.85. The van der Waals surface area contributed by atoms with E-state index in [2.05, 4.69) is 0 Å². The number of carbonyl (C=O) groups excluding carboxylic acids is 1. The molecular weight excluding hydrogens is 324 g/mol. The van der Waals surface area contributed by atoms with Gasteiger partial charge in [-0.2, -0.15) is 0 Å². The molecule has 2 fully saturated rings. The van der Waals surface area contributed by atoms with Crippen LogP contribution in [-0.2, 0) is 4.74 Å². The van der Waals surface area contributed by atoms with Crippen LogP contribution >= 0.6 is 0 Å². The summed E-state index contributed by atoms with van der Waals surface area (Å²) in [6.07, 6.45) is 0.380. The highest BCUT2D eigenvalue weighted by Crippen LogP contribution is 2.72. The number of aromatic hydroxyl groups is 1. The summed E-state index contributed by atoms with van der Waals surface area (Å²) < 4.78 is 5.96. The molecule has 6 nitrogen and oxygen atoms in total. The first-order valence-corrected chi connectivity index (χ1v) is 8.59. The van der Waals surface area contributed by atoms with Crippen molar-refractivity contribution in [2.45, 2.75) is 55.2 Å². The van der Waals surface area contributed by atoms with Crippen LogP contribution in [0.3, 0.4) is 0 Å². The zero-order valence-corrected chi connectivity index (χ0v) is 13.8. The molecule has 0 aromatic heterocycles. The van der Waals surface area contributed by atoms with E-state index < -0.39 is 34.9 Å². The number of epoxide rings is 1. The molecule has 0 spiro atoms. The number of benzene rings is 1. The van der Waals surface area contributed by atoms with Crippen molar-refractivity contribution in [3.63, 3.8) is 0 Å². The average Bonchev–Trinajstić information content (AvgIpc) is 3.23. The molecule has 6 atom stereocenters. The smallest absolute Gasteiger partial charge is 0.201 e. The first-order valence-electron chi connectivity index (χ1n) is 8.59. The summed E-state index contributed by atoms with van der Waals surface area (Å²) in [5.41, 5.74) is -2.60. The Kier molecular flexibility index (Phi) is 2.68. The van der Waals surface area contributed by atoms with Gasteiger partial charge in [0.2, 0.25) is 5.78 Å². The standard InChI is InChI=1S/C19H20O6/c1-9-7-12(21)14-17(24,8-9)5-6-18-16(23)13-10(3-2-4-11(13)20)15(22)19(14,18)25-18/h2-4,7,12,14-15,20-22,24H,5-6,8H2,1H3/t12-,14+,15+,17+,18-,19+/m0/s1. The molecule has 0 radical (unpaired) electrons. The van der Waals surface area contributed by atoms with Crippen LogP contribution in [0.2, 0.25) is 0 Å². The number of phenols is 1. The Morgan fingerprint density at radius 3 is 2.76 bits per heavy atom. The van der Waals surface area contributed by atoms with Gasteiger partial charge in [0.1, 0.15) is 17.5 Å². The Hall–Kier alpha value is -1.73. The number of aliphatic hydroxyl groups is 3. The van der Waals surface area contributed by atoms with Gasteiger partial charge >= 0.3 is 0 Å². The maximum absolute atomic E-state index is 13.2. The summed E-state index contributed by atoms with van der Waals surface area (Å²) in [5, 5.41) is 43.1. The second-order valence-electron chi connectivity index (χ2n) is 7.96. The highest BCUT2D eigenvalue weighted by atomic mass is 16.7. The van der Waals surface area contributed by atoms with E-state index in [-0.39, 0.29) is 23.5 Å². The van der Waals surface area contributed by atoms with Gasteiger partial charge in [0, 0.05) is 0 Å². The van der Waals surface area contributed by atoms with Gasteiger partial charge in [0.05, 0.1) is 23.2 Å². The minimum absolute atomic E-state index is 0.0885. The molecule has 3 aliphatic carbocycles. The highest BCUT2D eigenvalue weighted by Gasteiger charge is 2.87. The second kappa shape index (κ2) is 4.32. The van der Waals surface area contributed by atoms with Crippen LogP contribution in [0, 0.1) is 5.92 Å². The molecule has 0 amide bonds. The lowest BCUT2D eigenvalue weighted by molar-refractivity contribution is -0.137. The predicted octanol–water partition coefficient (Wildman–Crippen LogP) is 0.982. The van der Waals surface area contributed by atoms with Crippen LogP contribution in [0.5, 0.6) is 5.75 Å². The topological polar surface area (TPSA) is 111 Å². The Morgan fingerprint density at radius 1 is 1.24 bits per heavy atom. The zero-order valence-electron chi connectivity index (χ0n) is 13.8. The number of carbonyl (C=O) groups is 1. The largest absolute Gasteiger partial charge is 0.507 e. The van der Waals surface area contributed by atoms with E-state index in [1.165, 1.54) is 6.07 Å². The van der Waals surface area contributed by atoms with Crippen molar-refractivity contribution in [3.8, 4) is 5.75 Å². The molecule has 4 aliphatic rings. The van der Waals surface area contributed by atoms with Crippen molar-refractivity contribution in [2.24, 2.45) is 5.92 Å². The van der Waals surface area contributed by atoms with Crippen molar-refractivity contribution < 1.29 is 30.0 Å². The maximum atomic E-state index is 13.2. The SMILES string of the molecule is CC1=C[C@H](O)[C@@H]2[C@@](O)(CC[C@@]34O[C@@]23[C@H](O)c2cccc(O)c2C4=O)C1. The number of hydrogen-bond donors (Lipinski definition) is 4. The molecule has 132 valence electrons. The van der Waals surface area contributed by atoms with E-state index >= 15 is 0 Å². The van der Waals surface area contributed by atoms with Gasteiger partial charge in [-0.05, 0) is 37.8 Å². The Labute approximate surface area is 144 Å². The van der Waals surface area contributed by atoms with E-state index in [1.807, 2.05) is 6.92 Å². The molecular formula is C19H20O6. The van der Waals surface area contributed by atoms with Crippen molar-refractivity contribution in [3.05, 3.63) is 41.0 Å². The van der Waals surface area contributed by atoms with Crippen LogP contribution in [-0.4, -0.2) is 49.1 Å². The number of rotatable bonds is 0. The molecule has 25 heavy (non-hydrogen) atoms. The average molecular weight is 344 g/mol. The van der Waals surface area contributed by atoms with Gasteiger partial charge < -0.3 is 25.2 Å². The molecule has 0 unspecified atom stereocenters. The fourth-order valence-electron chi connectivity index (χ4n) is 5.72. The lowest BCUT2D eigenvalue weighted by Gasteiger charge is -2.51. The fraction of sp³-hybridized carbons (Fsp3) is 0.526. The number of ketones is 1. The highest BCUT2D eigenvalue weighted by molar-refractivity contribution is 6.10. The number of fused-ring (bicyclic) bond motifs is 2. The quantitative estimate of drug-likeness (QED) is 0.412. The van der Waals surface area contributed by atoms with Gasteiger partial charge in [-0.25, -0.2) is 0 Å². The van der Waals surface area contributed by atoms with Crippen LogP contribution in [0.15, 0.2) is 29.8 Å². The number of ether oxygens (including phenoxy) is 1. The monoisotopic (exact) mass is 344 g/mol. The zero-order chi connectivity index (χ0) is 17.8. The van der Waals surface area contributed by atoms with Gasteiger partial charge in [-0.15, -0.1) is 0 Å². The number of Topliss-reactive ketones (excluding diaryl/α,β-unsaturated/α-hetero) is 1. The number of phenolic OH excluding ortho intramolecular Hbond substituents is 1. The molecule has 1 heterocycles. The van der Waals surface area contributed by atoms with E-state index in [1.54, 1.807) is 18.2 Å². The molecule has 4 N–H and O–H groups in total. The molecule has 1 aromatic rings. The van der Waals surface area contributed by atoms with Gasteiger partial charge in [0.15, 0.2) is 5.60 Å². The van der Waals surface area contributed by atoms with Gasteiger partial charge in [-0.3, -0.25) is 4.79 Å². The number of hydrogen-bond acceptors (Lipinski definition) is 6. The summed E-state index contributed by atoms with van der Waals surface area (Å²) >= 11 is 0. The Morgan fingerprint density at radius 2 is 2.00 bits per heavy atom. The Bertz CT molecular complexity index is 846. The summed E-state index contributed by atoms with van der Waals surface area (Å²) in [5.74, 6) is -1.35. The maximum Gasteiger partial charge on any atom is 0.201 e. The van der Waals surface area contributed by atoms with Crippen LogP contribution in [0.4, 0.5) is 0 Å². The van der Waals surface area contributed by atoms with Crippen molar-refractivity contribution in [1.82, 2.24) is 0 Å². The third kappa shape index (κ3) is 1.53. The minimum Gasteiger partial charge on any atom is -0.507 e. The molecule has 6 heteroatoms. The summed E-state index contributed by atoms with van der Waals surface area (Å²) in [7, 11) is 0.